The molecule has 2 aromatic rings. The zero-order chi connectivity index (χ0) is 22.8. The smallest absolute Gasteiger partial charge is 0.328 e. The van der Waals surface area contributed by atoms with Crippen molar-refractivity contribution in [1.29, 1.82) is 5.41 Å². The van der Waals surface area contributed by atoms with Crippen LogP contribution in [-0.4, -0.2) is 63.9 Å². The van der Waals surface area contributed by atoms with Gasteiger partial charge in [-0.05, 0) is 6.92 Å². The average Bonchev–Trinajstić information content (AvgIpc) is 3.28. The minimum atomic E-state index is -1.71. The molecular weight excluding hydrogens is 460 g/mol. The number of barbiturate groups is 1. The van der Waals surface area contributed by atoms with Crippen molar-refractivity contribution in [2.45, 2.75) is 25.5 Å². The first-order chi connectivity index (χ1) is 15.3. The van der Waals surface area contributed by atoms with Crippen LogP contribution in [0.5, 0.6) is 5.75 Å². The molecule has 5 heterocycles. The molecule has 2 atom stereocenters. The van der Waals surface area contributed by atoms with Crippen LogP contribution in [0, 0.1) is 10.8 Å². The molecule has 11 nitrogen and oxygen atoms in total. The van der Waals surface area contributed by atoms with Crippen molar-refractivity contribution < 1.29 is 24.2 Å². The minimum Gasteiger partial charge on any atom is -0.504 e. The van der Waals surface area contributed by atoms with E-state index in [0.717, 1.165) is 0 Å². The molecular formula is C19H17ClN6O5S. The monoisotopic (exact) mass is 476 g/mol. The fraction of sp³-hybridized carbons (Fsp3) is 0.368. The lowest BCUT2D eigenvalue weighted by Gasteiger charge is -2.53. The van der Waals surface area contributed by atoms with E-state index in [2.05, 4.69) is 20.6 Å². The Morgan fingerprint density at radius 3 is 2.75 bits per heavy atom. The summed E-state index contributed by atoms with van der Waals surface area (Å²) < 4.78 is 5.74. The van der Waals surface area contributed by atoms with Crippen molar-refractivity contribution in [2.75, 3.05) is 18.1 Å². The highest BCUT2D eigenvalue weighted by Gasteiger charge is 2.63. The second kappa shape index (κ2) is 7.22. The Morgan fingerprint density at radius 1 is 1.38 bits per heavy atom. The first-order valence-corrected chi connectivity index (χ1v) is 11.0. The Balaban J connectivity index is 1.72. The summed E-state index contributed by atoms with van der Waals surface area (Å²) >= 11 is 7.77. The van der Waals surface area contributed by atoms with Crippen molar-refractivity contribution in [3.05, 3.63) is 33.0 Å². The zero-order valence-electron chi connectivity index (χ0n) is 16.6. The first kappa shape index (κ1) is 20.8. The number of hydrogen-bond donors (Lipinski definition) is 4. The molecule has 0 aliphatic carbocycles. The average molecular weight is 477 g/mol. The predicted octanol–water partition coefficient (Wildman–Crippen LogP) is 0.815. The number of anilines is 1. The van der Waals surface area contributed by atoms with Crippen LogP contribution >= 0.6 is 22.9 Å². The maximum absolute atomic E-state index is 13.1. The summed E-state index contributed by atoms with van der Waals surface area (Å²) in [7, 11) is 0. The lowest BCUT2D eigenvalue weighted by atomic mass is 9.67. The predicted molar refractivity (Wildman–Crippen MR) is 113 cm³/mol. The molecule has 4 N–H and O–H groups in total. The van der Waals surface area contributed by atoms with Crippen LogP contribution in [0.3, 0.4) is 0 Å². The Hall–Kier alpha value is -3.09. The van der Waals surface area contributed by atoms with Gasteiger partial charge in [0.2, 0.25) is 11.8 Å². The summed E-state index contributed by atoms with van der Waals surface area (Å²) in [6, 6.07) is -1.69. The van der Waals surface area contributed by atoms with E-state index in [1.807, 2.05) is 0 Å². The van der Waals surface area contributed by atoms with Crippen LogP contribution in [0.2, 0.25) is 5.02 Å². The van der Waals surface area contributed by atoms with Crippen LogP contribution in [0.25, 0.3) is 0 Å². The van der Waals surface area contributed by atoms with Gasteiger partial charge in [-0.1, -0.05) is 11.6 Å². The highest BCUT2D eigenvalue weighted by Crippen LogP contribution is 2.50. The molecule has 2 fully saturated rings. The molecule has 2 aromatic heterocycles. The van der Waals surface area contributed by atoms with Gasteiger partial charge in [-0.15, -0.1) is 11.3 Å². The van der Waals surface area contributed by atoms with Gasteiger partial charge in [-0.2, -0.15) is 0 Å². The van der Waals surface area contributed by atoms with E-state index >= 15 is 0 Å². The molecule has 166 valence electrons. The lowest BCUT2D eigenvalue weighted by molar-refractivity contribution is -0.151. The van der Waals surface area contributed by atoms with Gasteiger partial charge in [-0.3, -0.25) is 25.6 Å². The van der Waals surface area contributed by atoms with Crippen LogP contribution in [0.1, 0.15) is 23.3 Å². The number of nitrogens with zero attached hydrogens (tertiary/aromatic N) is 3. The third-order valence-electron chi connectivity index (χ3n) is 6.04. The highest BCUT2D eigenvalue weighted by molar-refractivity contribution is 7.11. The van der Waals surface area contributed by atoms with E-state index in [1.54, 1.807) is 17.2 Å². The van der Waals surface area contributed by atoms with Gasteiger partial charge in [0.1, 0.15) is 21.4 Å². The molecule has 5 rings (SSSR count). The van der Waals surface area contributed by atoms with Gasteiger partial charge < -0.3 is 14.7 Å². The van der Waals surface area contributed by atoms with E-state index in [-0.39, 0.29) is 40.8 Å². The van der Waals surface area contributed by atoms with Crippen molar-refractivity contribution in [3.63, 3.8) is 0 Å². The Morgan fingerprint density at radius 2 is 2.09 bits per heavy atom. The number of ether oxygens (including phenoxy) is 1. The van der Waals surface area contributed by atoms with Gasteiger partial charge in [0, 0.05) is 24.5 Å². The molecule has 0 saturated carbocycles. The van der Waals surface area contributed by atoms with Crippen molar-refractivity contribution in [3.8, 4) is 5.75 Å². The minimum absolute atomic E-state index is 0.0343. The van der Waals surface area contributed by atoms with Gasteiger partial charge in [0.25, 0.3) is 0 Å². The number of fused-ring (bicyclic) bond motifs is 4. The van der Waals surface area contributed by atoms with Crippen molar-refractivity contribution in [1.82, 2.24) is 20.6 Å². The van der Waals surface area contributed by atoms with Gasteiger partial charge in [0.05, 0.1) is 30.1 Å². The lowest BCUT2D eigenvalue weighted by Crippen LogP contribution is -2.74. The summed E-state index contributed by atoms with van der Waals surface area (Å²) in [4.78, 5) is 48.3. The number of nitrogens with one attached hydrogen (secondary N) is 3. The maximum Gasteiger partial charge on any atom is 0.328 e. The summed E-state index contributed by atoms with van der Waals surface area (Å²) in [6.45, 7) is 2.31. The molecule has 3 aliphatic heterocycles. The summed E-state index contributed by atoms with van der Waals surface area (Å²) in [6.07, 6.45) is 0.766. The largest absolute Gasteiger partial charge is 0.504 e. The number of hydrogen-bond acceptors (Lipinski definition) is 10. The third-order valence-corrected chi connectivity index (χ3v) is 7.19. The first-order valence-electron chi connectivity index (χ1n) is 9.71. The molecule has 1 unspecified atom stereocenters. The number of pyridine rings is 1. The number of carbonyl (C=O) groups excluding carboxylic acids is 3. The van der Waals surface area contributed by atoms with Gasteiger partial charge in [0.15, 0.2) is 11.2 Å². The van der Waals surface area contributed by atoms with E-state index in [9.17, 15) is 19.5 Å². The van der Waals surface area contributed by atoms with Crippen LogP contribution < -0.4 is 15.5 Å². The number of urea groups is 1. The number of amides is 4. The number of halogens is 1. The van der Waals surface area contributed by atoms with Crippen LogP contribution in [-0.2, 0) is 20.7 Å². The van der Waals surface area contributed by atoms with Gasteiger partial charge in [-0.25, -0.2) is 14.8 Å². The van der Waals surface area contributed by atoms with Crippen molar-refractivity contribution in [2.24, 2.45) is 5.41 Å². The second-order valence-electron chi connectivity index (χ2n) is 7.73. The molecule has 1 spiro atoms. The third kappa shape index (κ3) is 2.76. The second-order valence-corrected chi connectivity index (χ2v) is 9.00. The standard InChI is InChI=1S/C19H17ClN6O5S/c1-7-14-19(16(28)24-18(30)25-17(19)29)6-8-12(26(14)3-4-31-7)9(20)13(27)11(23-8)10(21)15-22-2-5-32-15/h2,5,7,14,21,27H,3-4,6H2,1H3,(H2,24,25,28,29,30)/t7-,14?/m0/s1. The maximum atomic E-state index is 13.1. The quantitative estimate of drug-likeness (QED) is 0.366. The van der Waals surface area contributed by atoms with Gasteiger partial charge >= 0.3 is 6.03 Å². The number of aromatic hydroxyl groups is 1. The fourth-order valence-corrected chi connectivity index (χ4v) is 5.61. The topological polar surface area (TPSA) is 158 Å². The Labute approximate surface area is 190 Å². The number of thiazole rings is 1. The van der Waals surface area contributed by atoms with E-state index in [0.29, 0.717) is 17.3 Å². The van der Waals surface area contributed by atoms with Crippen molar-refractivity contribution >= 4 is 52.2 Å². The van der Waals surface area contributed by atoms with E-state index < -0.39 is 35.4 Å². The fourth-order valence-electron chi connectivity index (χ4n) is 4.72. The number of morpholine rings is 1. The Kier molecular flexibility index (Phi) is 4.69. The molecule has 0 bridgehead atoms. The molecule has 13 heteroatoms. The number of carbonyl (C=O) groups is 3. The normalized spacial score (nSPS) is 23.9. The summed E-state index contributed by atoms with van der Waals surface area (Å²) in [5, 5.41) is 25.6. The summed E-state index contributed by atoms with van der Waals surface area (Å²) in [5.41, 5.74) is -1.32. The van der Waals surface area contributed by atoms with Crippen LogP contribution in [0.15, 0.2) is 11.6 Å². The highest BCUT2D eigenvalue weighted by atomic mass is 35.5. The molecule has 2 saturated heterocycles. The van der Waals surface area contributed by atoms with Crippen LogP contribution in [0.4, 0.5) is 10.5 Å². The SMILES string of the molecule is C[C@@H]1OCCN2c3c(nc(C(=N)c4nccs4)c(O)c3Cl)CC3(C(=O)NC(=O)NC3=O)C12. The molecule has 32 heavy (non-hydrogen) atoms. The summed E-state index contributed by atoms with van der Waals surface area (Å²) in [5.74, 6) is -1.90. The number of aromatic nitrogens is 2. The Bertz CT molecular complexity index is 1170. The zero-order valence-corrected chi connectivity index (χ0v) is 18.2. The molecule has 0 aromatic carbocycles. The molecule has 0 radical (unpaired) electrons. The number of imide groups is 2. The number of rotatable bonds is 2. The molecule has 4 amide bonds. The van der Waals surface area contributed by atoms with E-state index in [4.69, 9.17) is 21.7 Å². The van der Waals surface area contributed by atoms with E-state index in [1.165, 1.54) is 17.5 Å². The molecule has 3 aliphatic rings.